The van der Waals surface area contributed by atoms with Gasteiger partial charge in [-0.2, -0.15) is 13.2 Å². The summed E-state index contributed by atoms with van der Waals surface area (Å²) in [5.41, 5.74) is 0. The second kappa shape index (κ2) is 7.49. The molecule has 0 spiro atoms. The van der Waals surface area contributed by atoms with Crippen molar-refractivity contribution in [2.24, 2.45) is 0 Å². The molecule has 1 N–H and O–H groups in total. The Labute approximate surface area is 98.2 Å². The molecule has 8 heteroatoms. The summed E-state index contributed by atoms with van der Waals surface area (Å²) >= 11 is 0. The lowest BCUT2D eigenvalue weighted by atomic mass is 10.2. The lowest BCUT2D eigenvalue weighted by molar-refractivity contribution is -0.188. The molecule has 0 saturated carbocycles. The lowest BCUT2D eigenvalue weighted by Gasteiger charge is -2.34. The van der Waals surface area contributed by atoms with Crippen LogP contribution in [0.25, 0.3) is 0 Å². The van der Waals surface area contributed by atoms with Gasteiger partial charge in [0.2, 0.25) is 0 Å². The van der Waals surface area contributed by atoms with Gasteiger partial charge in [-0.3, -0.25) is 4.90 Å². The lowest BCUT2D eigenvalue weighted by Crippen LogP contribution is -2.54. The summed E-state index contributed by atoms with van der Waals surface area (Å²) in [5.74, 6) is 0. The van der Waals surface area contributed by atoms with Crippen molar-refractivity contribution in [3.63, 3.8) is 0 Å². The summed E-state index contributed by atoms with van der Waals surface area (Å²) in [6.45, 7) is 0.144. The molecule has 2 nitrogen and oxygen atoms in total. The van der Waals surface area contributed by atoms with Crippen LogP contribution in [0.4, 0.5) is 17.6 Å². The first-order valence-corrected chi connectivity index (χ1v) is 4.13. The van der Waals surface area contributed by atoms with Gasteiger partial charge in [-0.1, -0.05) is 0 Å². The van der Waals surface area contributed by atoms with Crippen molar-refractivity contribution in [3.05, 3.63) is 0 Å². The van der Waals surface area contributed by atoms with Crippen LogP contribution < -0.4 is 5.32 Å². The first kappa shape index (κ1) is 17.6. The van der Waals surface area contributed by atoms with E-state index in [-0.39, 0.29) is 37.9 Å². The molecule has 0 amide bonds. The van der Waals surface area contributed by atoms with E-state index in [1.165, 1.54) is 0 Å². The summed E-state index contributed by atoms with van der Waals surface area (Å²) in [7, 11) is 0. The van der Waals surface area contributed by atoms with E-state index in [4.69, 9.17) is 0 Å². The molecular formula is C7H14Cl2F4N2. The summed E-state index contributed by atoms with van der Waals surface area (Å²) in [6, 6.07) is -1.92. The fourth-order valence-corrected chi connectivity index (χ4v) is 1.39. The maximum atomic E-state index is 12.2. The van der Waals surface area contributed by atoms with Crippen LogP contribution in [-0.4, -0.2) is 50.0 Å². The maximum absolute atomic E-state index is 12.2. The summed E-state index contributed by atoms with van der Waals surface area (Å²) < 4.78 is 48.8. The standard InChI is InChI=1S/C7H12F4N2.2ClH/c8-5-6(7(9,10)11)13-3-1-12-2-4-13;;/h6,12H,1-5H2;2*1H/t6-;;/m0../s1. The number of piperazine rings is 1. The molecule has 0 radical (unpaired) electrons. The highest BCUT2D eigenvalue weighted by molar-refractivity contribution is 5.85. The average Bonchev–Trinajstić information content (AvgIpc) is 2.05. The average molecular weight is 273 g/mol. The van der Waals surface area contributed by atoms with Gasteiger partial charge in [0.1, 0.15) is 12.7 Å². The van der Waals surface area contributed by atoms with Crippen LogP contribution in [0.15, 0.2) is 0 Å². The van der Waals surface area contributed by atoms with Crippen molar-refractivity contribution in [1.82, 2.24) is 10.2 Å². The molecular weight excluding hydrogens is 259 g/mol. The molecule has 0 unspecified atom stereocenters. The van der Waals surface area contributed by atoms with Gasteiger partial charge >= 0.3 is 6.18 Å². The predicted molar refractivity (Wildman–Crippen MR) is 54.8 cm³/mol. The monoisotopic (exact) mass is 272 g/mol. The van der Waals surface area contributed by atoms with Crippen molar-refractivity contribution >= 4 is 24.8 Å². The molecule has 0 aromatic heterocycles. The Balaban J connectivity index is 0. The van der Waals surface area contributed by atoms with E-state index < -0.39 is 18.9 Å². The number of hydrogen-bond acceptors (Lipinski definition) is 2. The third-order valence-corrected chi connectivity index (χ3v) is 2.12. The number of nitrogens with one attached hydrogen (secondary N) is 1. The fraction of sp³-hybridized carbons (Fsp3) is 1.00. The SMILES string of the molecule is Cl.Cl.FC[C@H](N1CCNCC1)C(F)(F)F. The Bertz CT molecular complexity index is 162. The van der Waals surface area contributed by atoms with Crippen LogP contribution in [0.3, 0.4) is 0 Å². The highest BCUT2D eigenvalue weighted by Gasteiger charge is 2.43. The van der Waals surface area contributed by atoms with Crippen molar-refractivity contribution in [1.29, 1.82) is 0 Å². The molecule has 0 aromatic carbocycles. The summed E-state index contributed by atoms with van der Waals surface area (Å²) in [6.07, 6.45) is -4.45. The number of halogens is 6. The number of nitrogens with zero attached hydrogens (tertiary/aromatic N) is 1. The molecule has 0 bridgehead atoms. The molecule has 94 valence electrons. The van der Waals surface area contributed by atoms with Crippen LogP contribution in [0, 0.1) is 0 Å². The maximum Gasteiger partial charge on any atom is 0.406 e. The Hall–Kier alpha value is 0.220. The summed E-state index contributed by atoms with van der Waals surface area (Å²) in [4.78, 5) is 1.14. The van der Waals surface area contributed by atoms with E-state index in [1.54, 1.807) is 0 Å². The zero-order valence-electron chi connectivity index (χ0n) is 7.89. The highest BCUT2D eigenvalue weighted by Crippen LogP contribution is 2.25. The first-order chi connectivity index (χ1) is 6.05. The van der Waals surface area contributed by atoms with E-state index in [2.05, 4.69) is 5.32 Å². The van der Waals surface area contributed by atoms with E-state index >= 15 is 0 Å². The van der Waals surface area contributed by atoms with Crippen molar-refractivity contribution in [3.8, 4) is 0 Å². The topological polar surface area (TPSA) is 15.3 Å². The largest absolute Gasteiger partial charge is 0.406 e. The van der Waals surface area contributed by atoms with Crippen LogP contribution in [0.5, 0.6) is 0 Å². The van der Waals surface area contributed by atoms with Crippen LogP contribution in [-0.2, 0) is 0 Å². The normalized spacial score (nSPS) is 20.0. The molecule has 0 aliphatic carbocycles. The highest BCUT2D eigenvalue weighted by atomic mass is 35.5. The summed E-state index contributed by atoms with van der Waals surface area (Å²) in [5, 5.41) is 2.91. The Morgan fingerprint density at radius 1 is 1.13 bits per heavy atom. The second-order valence-corrected chi connectivity index (χ2v) is 3.00. The minimum Gasteiger partial charge on any atom is -0.314 e. The minimum absolute atomic E-state index is 0. The fourth-order valence-electron chi connectivity index (χ4n) is 1.39. The van der Waals surface area contributed by atoms with Crippen LogP contribution in [0.1, 0.15) is 0 Å². The Morgan fingerprint density at radius 2 is 1.60 bits per heavy atom. The zero-order chi connectivity index (χ0) is 9.90. The van der Waals surface area contributed by atoms with E-state index in [1.807, 2.05) is 0 Å². The van der Waals surface area contributed by atoms with Gasteiger partial charge in [0.15, 0.2) is 0 Å². The van der Waals surface area contributed by atoms with Crippen molar-refractivity contribution in [2.75, 3.05) is 32.9 Å². The van der Waals surface area contributed by atoms with Gasteiger partial charge in [-0.05, 0) is 0 Å². The molecule has 1 aliphatic heterocycles. The molecule has 1 heterocycles. The third-order valence-electron chi connectivity index (χ3n) is 2.12. The van der Waals surface area contributed by atoms with Gasteiger partial charge < -0.3 is 5.32 Å². The van der Waals surface area contributed by atoms with Gasteiger partial charge in [0.25, 0.3) is 0 Å². The van der Waals surface area contributed by atoms with Gasteiger partial charge in [-0.15, -0.1) is 24.8 Å². The first-order valence-electron chi connectivity index (χ1n) is 4.13. The van der Waals surface area contributed by atoms with Gasteiger partial charge in [-0.25, -0.2) is 4.39 Å². The molecule has 1 aliphatic rings. The number of rotatable bonds is 2. The Kier molecular flexibility index (Phi) is 8.79. The van der Waals surface area contributed by atoms with E-state index in [0.717, 1.165) is 4.90 Å². The van der Waals surface area contributed by atoms with E-state index in [0.29, 0.717) is 13.1 Å². The molecule has 1 fully saturated rings. The minimum atomic E-state index is -4.45. The predicted octanol–water partition coefficient (Wildman–Crippen LogP) is 1.64. The number of hydrogen-bond donors (Lipinski definition) is 1. The zero-order valence-corrected chi connectivity index (χ0v) is 9.52. The Morgan fingerprint density at radius 3 is 1.93 bits per heavy atom. The molecule has 0 aromatic rings. The van der Waals surface area contributed by atoms with E-state index in [9.17, 15) is 17.6 Å². The molecule has 1 rings (SSSR count). The van der Waals surface area contributed by atoms with Crippen molar-refractivity contribution < 1.29 is 17.6 Å². The number of alkyl halides is 4. The second-order valence-electron chi connectivity index (χ2n) is 3.00. The molecule has 1 saturated heterocycles. The van der Waals surface area contributed by atoms with Crippen LogP contribution in [0.2, 0.25) is 0 Å². The smallest absolute Gasteiger partial charge is 0.314 e. The van der Waals surface area contributed by atoms with Gasteiger partial charge in [0.05, 0.1) is 0 Å². The third kappa shape index (κ3) is 5.19. The van der Waals surface area contributed by atoms with Gasteiger partial charge in [0, 0.05) is 26.2 Å². The molecule has 15 heavy (non-hydrogen) atoms. The van der Waals surface area contributed by atoms with Crippen LogP contribution >= 0.6 is 24.8 Å². The quantitative estimate of drug-likeness (QED) is 0.769. The van der Waals surface area contributed by atoms with Crippen molar-refractivity contribution in [2.45, 2.75) is 12.2 Å². The molecule has 1 atom stereocenters.